The molecule has 4 heteroatoms. The smallest absolute Gasteiger partial charge is 0.0951 e. The molecule has 0 aromatic carbocycles. The largest absolute Gasteiger partial charge is 0.381 e. The fourth-order valence-electron chi connectivity index (χ4n) is 1.41. The Balaban J connectivity index is 2.37. The van der Waals surface area contributed by atoms with Gasteiger partial charge >= 0.3 is 0 Å². The Morgan fingerprint density at radius 2 is 2.31 bits per heavy atom. The van der Waals surface area contributed by atoms with E-state index in [2.05, 4.69) is 24.1 Å². The number of thiazole rings is 1. The Bertz CT molecular complexity index is 288. The van der Waals surface area contributed by atoms with Crippen molar-refractivity contribution in [2.24, 2.45) is 0 Å². The van der Waals surface area contributed by atoms with Crippen molar-refractivity contribution in [2.45, 2.75) is 39.7 Å². The van der Waals surface area contributed by atoms with Gasteiger partial charge in [-0.05, 0) is 26.8 Å². The van der Waals surface area contributed by atoms with Crippen molar-refractivity contribution in [3.05, 3.63) is 16.1 Å². The van der Waals surface area contributed by atoms with Crippen molar-refractivity contribution >= 4 is 11.3 Å². The van der Waals surface area contributed by atoms with Crippen molar-refractivity contribution in [1.82, 2.24) is 10.3 Å². The van der Waals surface area contributed by atoms with Crippen molar-refractivity contribution in [3.8, 4) is 0 Å². The molecule has 0 aliphatic carbocycles. The lowest BCUT2D eigenvalue weighted by atomic mass is 10.3. The van der Waals surface area contributed by atoms with Gasteiger partial charge in [-0.2, -0.15) is 0 Å². The summed E-state index contributed by atoms with van der Waals surface area (Å²) < 4.78 is 5.32. The zero-order valence-electron chi connectivity index (χ0n) is 10.5. The third-order valence-corrected chi connectivity index (χ3v) is 3.60. The first-order valence-corrected chi connectivity index (χ1v) is 6.85. The third-order valence-electron chi connectivity index (χ3n) is 2.36. The lowest BCUT2D eigenvalue weighted by Gasteiger charge is -2.09. The van der Waals surface area contributed by atoms with E-state index in [9.17, 15) is 0 Å². The molecule has 3 nitrogen and oxygen atoms in total. The third kappa shape index (κ3) is 4.60. The van der Waals surface area contributed by atoms with Gasteiger partial charge in [0.2, 0.25) is 0 Å². The highest BCUT2D eigenvalue weighted by Gasteiger charge is 2.08. The van der Waals surface area contributed by atoms with Crippen molar-refractivity contribution in [2.75, 3.05) is 19.8 Å². The Morgan fingerprint density at radius 1 is 1.50 bits per heavy atom. The van der Waals surface area contributed by atoms with E-state index in [1.54, 1.807) is 11.3 Å². The topological polar surface area (TPSA) is 34.2 Å². The molecule has 1 unspecified atom stereocenters. The van der Waals surface area contributed by atoms with Crippen LogP contribution in [0.15, 0.2) is 6.20 Å². The second-order valence-electron chi connectivity index (χ2n) is 3.78. The molecular weight excluding hydrogens is 220 g/mol. The maximum atomic E-state index is 5.32. The molecule has 1 rings (SSSR count). The molecule has 0 aliphatic heterocycles. The van der Waals surface area contributed by atoms with E-state index in [4.69, 9.17) is 4.74 Å². The van der Waals surface area contributed by atoms with Crippen LogP contribution in [0, 0.1) is 0 Å². The van der Waals surface area contributed by atoms with Gasteiger partial charge in [-0.15, -0.1) is 11.3 Å². The average molecular weight is 242 g/mol. The Labute approximate surface area is 102 Å². The van der Waals surface area contributed by atoms with Gasteiger partial charge < -0.3 is 10.1 Å². The lowest BCUT2D eigenvalue weighted by molar-refractivity contribution is 0.151. The van der Waals surface area contributed by atoms with Gasteiger partial charge in [-0.3, -0.25) is 0 Å². The maximum Gasteiger partial charge on any atom is 0.0951 e. The minimum absolute atomic E-state index is 0.415. The number of hydrogen-bond donors (Lipinski definition) is 1. The van der Waals surface area contributed by atoms with Crippen molar-refractivity contribution in [1.29, 1.82) is 0 Å². The van der Waals surface area contributed by atoms with Crippen LogP contribution < -0.4 is 5.32 Å². The van der Waals surface area contributed by atoms with E-state index in [0.717, 1.165) is 26.2 Å². The Morgan fingerprint density at radius 3 is 3.00 bits per heavy atom. The maximum absolute atomic E-state index is 5.32. The molecule has 1 N–H and O–H groups in total. The highest BCUT2D eigenvalue weighted by atomic mass is 32.1. The van der Waals surface area contributed by atoms with E-state index < -0.39 is 0 Å². The van der Waals surface area contributed by atoms with Crippen LogP contribution in [0.1, 0.15) is 43.1 Å². The van der Waals surface area contributed by atoms with E-state index in [-0.39, 0.29) is 0 Å². The standard InChI is InChI=1S/C12H22N2OS/c1-4-7-13-10(3)11-9-14-12(16-11)6-8-15-5-2/h9-10,13H,4-8H2,1-3H3. The number of ether oxygens (including phenoxy) is 1. The highest BCUT2D eigenvalue weighted by Crippen LogP contribution is 2.20. The van der Waals surface area contributed by atoms with Gasteiger partial charge in [0.1, 0.15) is 0 Å². The fourth-order valence-corrected chi connectivity index (χ4v) is 2.33. The first-order chi connectivity index (χ1) is 7.77. The predicted molar refractivity (Wildman–Crippen MR) is 69.0 cm³/mol. The van der Waals surface area contributed by atoms with Gasteiger partial charge in [0.05, 0.1) is 11.6 Å². The second-order valence-corrected chi connectivity index (χ2v) is 4.93. The Kier molecular flexibility index (Phi) is 6.61. The summed E-state index contributed by atoms with van der Waals surface area (Å²) in [4.78, 5) is 5.74. The van der Waals surface area contributed by atoms with Gasteiger partial charge in [0, 0.05) is 30.1 Å². The summed E-state index contributed by atoms with van der Waals surface area (Å²) in [5.41, 5.74) is 0. The highest BCUT2D eigenvalue weighted by molar-refractivity contribution is 7.11. The number of nitrogens with one attached hydrogen (secondary N) is 1. The predicted octanol–water partition coefficient (Wildman–Crippen LogP) is 2.78. The molecule has 0 saturated carbocycles. The van der Waals surface area contributed by atoms with Crippen molar-refractivity contribution < 1.29 is 4.74 Å². The molecule has 0 spiro atoms. The minimum atomic E-state index is 0.415. The minimum Gasteiger partial charge on any atom is -0.381 e. The molecule has 0 bridgehead atoms. The van der Waals surface area contributed by atoms with Crippen LogP contribution in [0.25, 0.3) is 0 Å². The summed E-state index contributed by atoms with van der Waals surface area (Å²) in [5.74, 6) is 0. The van der Waals surface area contributed by atoms with Gasteiger partial charge in [-0.1, -0.05) is 6.92 Å². The molecule has 0 saturated heterocycles. The fraction of sp³-hybridized carbons (Fsp3) is 0.750. The SMILES string of the molecule is CCCNC(C)c1cnc(CCOCC)s1. The molecule has 0 amide bonds. The van der Waals surface area contributed by atoms with E-state index in [1.807, 2.05) is 13.1 Å². The van der Waals surface area contributed by atoms with Gasteiger partial charge in [0.25, 0.3) is 0 Å². The van der Waals surface area contributed by atoms with Crippen LogP contribution in [0.2, 0.25) is 0 Å². The summed E-state index contributed by atoms with van der Waals surface area (Å²) in [6.07, 6.45) is 4.08. The quantitative estimate of drug-likeness (QED) is 0.712. The normalized spacial score (nSPS) is 12.9. The van der Waals surface area contributed by atoms with Crippen LogP contribution in [0.3, 0.4) is 0 Å². The number of nitrogens with zero attached hydrogens (tertiary/aromatic N) is 1. The molecule has 1 aromatic rings. The van der Waals surface area contributed by atoms with Gasteiger partial charge in [-0.25, -0.2) is 4.98 Å². The number of rotatable bonds is 8. The second kappa shape index (κ2) is 7.76. The monoisotopic (exact) mass is 242 g/mol. The molecule has 1 atom stereocenters. The summed E-state index contributed by atoms with van der Waals surface area (Å²) in [6, 6.07) is 0.415. The Hall–Kier alpha value is -0.450. The molecule has 1 aromatic heterocycles. The molecule has 92 valence electrons. The molecule has 0 aliphatic rings. The summed E-state index contributed by atoms with van der Waals surface area (Å²) in [5, 5.41) is 4.64. The van der Waals surface area contributed by atoms with Crippen LogP contribution >= 0.6 is 11.3 Å². The van der Waals surface area contributed by atoms with E-state index in [0.29, 0.717) is 6.04 Å². The lowest BCUT2D eigenvalue weighted by Crippen LogP contribution is -2.18. The van der Waals surface area contributed by atoms with E-state index >= 15 is 0 Å². The van der Waals surface area contributed by atoms with Crippen LogP contribution in [-0.2, 0) is 11.2 Å². The summed E-state index contributed by atoms with van der Waals surface area (Å²) in [6.45, 7) is 9.01. The van der Waals surface area contributed by atoms with Gasteiger partial charge in [0.15, 0.2) is 0 Å². The molecule has 1 heterocycles. The molecule has 0 radical (unpaired) electrons. The summed E-state index contributed by atoms with van der Waals surface area (Å²) >= 11 is 1.79. The van der Waals surface area contributed by atoms with Crippen LogP contribution in [-0.4, -0.2) is 24.7 Å². The number of hydrogen-bond acceptors (Lipinski definition) is 4. The first-order valence-electron chi connectivity index (χ1n) is 6.03. The molecule has 0 fully saturated rings. The van der Waals surface area contributed by atoms with Crippen LogP contribution in [0.5, 0.6) is 0 Å². The molecular formula is C12H22N2OS. The zero-order valence-corrected chi connectivity index (χ0v) is 11.3. The number of aromatic nitrogens is 1. The van der Waals surface area contributed by atoms with E-state index in [1.165, 1.54) is 16.3 Å². The average Bonchev–Trinajstić information content (AvgIpc) is 2.75. The zero-order chi connectivity index (χ0) is 11.8. The van der Waals surface area contributed by atoms with Crippen molar-refractivity contribution in [3.63, 3.8) is 0 Å². The van der Waals surface area contributed by atoms with Crippen LogP contribution in [0.4, 0.5) is 0 Å². The molecule has 16 heavy (non-hydrogen) atoms. The first kappa shape index (κ1) is 13.6. The summed E-state index contributed by atoms with van der Waals surface area (Å²) in [7, 11) is 0.